The highest BCUT2D eigenvalue weighted by Crippen LogP contribution is 2.16. The Balaban J connectivity index is 2.50. The summed E-state index contributed by atoms with van der Waals surface area (Å²) >= 11 is 5.60. The third kappa shape index (κ3) is 5.00. The summed E-state index contributed by atoms with van der Waals surface area (Å²) in [7, 11) is 3.39. The molecule has 1 atom stereocenters. The van der Waals surface area contributed by atoms with Gasteiger partial charge in [0.1, 0.15) is 5.82 Å². The zero-order chi connectivity index (χ0) is 12.8. The van der Waals surface area contributed by atoms with Crippen LogP contribution in [0.25, 0.3) is 0 Å². The number of ether oxygens (including phenoxy) is 1. The van der Waals surface area contributed by atoms with E-state index in [9.17, 15) is 9.50 Å². The number of halogens is 2. The molecule has 1 unspecified atom stereocenters. The molecule has 1 N–H and O–H groups in total. The highest BCUT2D eigenvalue weighted by atomic mass is 35.5. The van der Waals surface area contributed by atoms with E-state index in [1.54, 1.807) is 6.07 Å². The van der Waals surface area contributed by atoms with Crippen LogP contribution < -0.4 is 0 Å². The first-order valence-electron chi connectivity index (χ1n) is 5.32. The van der Waals surface area contributed by atoms with E-state index in [0.29, 0.717) is 19.7 Å². The topological polar surface area (TPSA) is 32.7 Å². The van der Waals surface area contributed by atoms with E-state index >= 15 is 0 Å². The van der Waals surface area contributed by atoms with Crippen molar-refractivity contribution < 1.29 is 14.2 Å². The number of nitrogens with zero attached hydrogens (tertiary/aromatic N) is 1. The highest BCUT2D eigenvalue weighted by Gasteiger charge is 2.09. The Labute approximate surface area is 106 Å². The van der Waals surface area contributed by atoms with Gasteiger partial charge in [-0.3, -0.25) is 4.90 Å². The molecule has 0 bridgehead atoms. The van der Waals surface area contributed by atoms with Gasteiger partial charge in [-0.05, 0) is 24.7 Å². The predicted octanol–water partition coefficient (Wildman–Crippen LogP) is 1.92. The van der Waals surface area contributed by atoms with Crippen LogP contribution in [0.5, 0.6) is 0 Å². The van der Waals surface area contributed by atoms with Crippen molar-refractivity contribution in [1.29, 1.82) is 0 Å². The summed E-state index contributed by atoms with van der Waals surface area (Å²) in [5, 5.41) is 9.66. The maximum atomic E-state index is 13.2. The highest BCUT2D eigenvalue weighted by molar-refractivity contribution is 6.30. The van der Waals surface area contributed by atoms with Gasteiger partial charge in [0.15, 0.2) is 0 Å². The zero-order valence-corrected chi connectivity index (χ0v) is 10.7. The number of benzene rings is 1. The number of rotatable bonds is 6. The Morgan fingerprint density at radius 3 is 2.82 bits per heavy atom. The molecule has 0 radical (unpaired) electrons. The lowest BCUT2D eigenvalue weighted by Gasteiger charge is -2.20. The molecule has 0 aliphatic rings. The van der Waals surface area contributed by atoms with E-state index in [-0.39, 0.29) is 5.02 Å². The lowest BCUT2D eigenvalue weighted by atomic mass is 10.2. The minimum absolute atomic E-state index is 0.121. The van der Waals surface area contributed by atoms with Crippen LogP contribution in [0, 0.1) is 5.82 Å². The zero-order valence-electron chi connectivity index (χ0n) is 9.99. The van der Waals surface area contributed by atoms with Gasteiger partial charge < -0.3 is 9.84 Å². The van der Waals surface area contributed by atoms with Crippen molar-refractivity contribution in [2.75, 3.05) is 27.3 Å². The fourth-order valence-electron chi connectivity index (χ4n) is 1.62. The molecule has 0 fully saturated rings. The van der Waals surface area contributed by atoms with Gasteiger partial charge in [0, 0.05) is 20.2 Å². The minimum atomic E-state index is -0.540. The van der Waals surface area contributed by atoms with Crippen molar-refractivity contribution in [1.82, 2.24) is 4.90 Å². The number of aliphatic hydroxyl groups is 1. The first-order chi connectivity index (χ1) is 8.02. The van der Waals surface area contributed by atoms with Crippen LogP contribution in [0.2, 0.25) is 5.02 Å². The van der Waals surface area contributed by atoms with Gasteiger partial charge in [-0.1, -0.05) is 17.7 Å². The van der Waals surface area contributed by atoms with Gasteiger partial charge in [0.25, 0.3) is 0 Å². The number of hydrogen-bond acceptors (Lipinski definition) is 3. The Bertz CT molecular complexity index is 362. The van der Waals surface area contributed by atoms with E-state index in [4.69, 9.17) is 16.3 Å². The van der Waals surface area contributed by atoms with Gasteiger partial charge >= 0.3 is 0 Å². The van der Waals surface area contributed by atoms with E-state index < -0.39 is 11.9 Å². The van der Waals surface area contributed by atoms with Crippen molar-refractivity contribution in [2.45, 2.75) is 12.6 Å². The second kappa shape index (κ2) is 6.91. The summed E-state index contributed by atoms with van der Waals surface area (Å²) in [6, 6.07) is 4.71. The molecular formula is C12H17ClFNO2. The smallest absolute Gasteiger partial charge is 0.142 e. The second-order valence-electron chi connectivity index (χ2n) is 4.05. The first-order valence-corrected chi connectivity index (χ1v) is 5.70. The molecular weight excluding hydrogens is 245 g/mol. The largest absolute Gasteiger partial charge is 0.389 e. The van der Waals surface area contributed by atoms with Crippen LogP contribution in [0.3, 0.4) is 0 Å². The monoisotopic (exact) mass is 261 g/mol. The van der Waals surface area contributed by atoms with Crippen LogP contribution in [0.15, 0.2) is 18.2 Å². The van der Waals surface area contributed by atoms with Gasteiger partial charge in [-0.15, -0.1) is 0 Å². The number of hydrogen-bond donors (Lipinski definition) is 1. The predicted molar refractivity (Wildman–Crippen MR) is 65.6 cm³/mol. The third-order valence-electron chi connectivity index (χ3n) is 2.32. The van der Waals surface area contributed by atoms with Crippen molar-refractivity contribution >= 4 is 11.6 Å². The molecule has 1 aromatic carbocycles. The summed E-state index contributed by atoms with van der Waals surface area (Å²) in [6.07, 6.45) is -0.540. The number of methoxy groups -OCH3 is 1. The summed E-state index contributed by atoms with van der Waals surface area (Å²) in [6.45, 7) is 1.31. The quantitative estimate of drug-likeness (QED) is 0.849. The summed E-state index contributed by atoms with van der Waals surface area (Å²) < 4.78 is 18.0. The minimum Gasteiger partial charge on any atom is -0.389 e. The Morgan fingerprint density at radius 1 is 1.53 bits per heavy atom. The Hall–Kier alpha value is -0.680. The van der Waals surface area contributed by atoms with E-state index in [0.717, 1.165) is 5.56 Å². The second-order valence-corrected chi connectivity index (χ2v) is 4.46. The number of aliphatic hydroxyl groups excluding tert-OH is 1. The van der Waals surface area contributed by atoms with E-state index in [1.165, 1.54) is 19.2 Å². The molecule has 0 saturated heterocycles. The lowest BCUT2D eigenvalue weighted by Crippen LogP contribution is -2.31. The molecule has 0 aromatic heterocycles. The van der Waals surface area contributed by atoms with Crippen molar-refractivity contribution in [3.05, 3.63) is 34.6 Å². The Morgan fingerprint density at radius 2 is 2.24 bits per heavy atom. The van der Waals surface area contributed by atoms with Gasteiger partial charge in [-0.2, -0.15) is 0 Å². The van der Waals surface area contributed by atoms with Crippen LogP contribution in [0.1, 0.15) is 5.56 Å². The fourth-order valence-corrected chi connectivity index (χ4v) is 1.74. The standard InChI is InChI=1S/C12H17ClFNO2/c1-15(7-10(16)8-17-2)6-9-3-4-11(13)12(14)5-9/h3-5,10,16H,6-8H2,1-2H3. The molecule has 0 amide bonds. The van der Waals surface area contributed by atoms with Crippen LogP contribution in [-0.4, -0.2) is 43.4 Å². The molecule has 0 aliphatic heterocycles. The molecule has 0 heterocycles. The van der Waals surface area contributed by atoms with Gasteiger partial charge in [-0.25, -0.2) is 4.39 Å². The molecule has 3 nitrogen and oxygen atoms in total. The SMILES string of the molecule is COCC(O)CN(C)Cc1ccc(Cl)c(F)c1. The molecule has 0 spiro atoms. The van der Waals surface area contributed by atoms with Crippen molar-refractivity contribution in [2.24, 2.45) is 0 Å². The maximum Gasteiger partial charge on any atom is 0.142 e. The summed E-state index contributed by atoms with van der Waals surface area (Å²) in [4.78, 5) is 1.90. The van der Waals surface area contributed by atoms with Crippen molar-refractivity contribution in [3.63, 3.8) is 0 Å². The molecule has 0 aliphatic carbocycles. The molecule has 17 heavy (non-hydrogen) atoms. The van der Waals surface area contributed by atoms with Gasteiger partial charge in [0.05, 0.1) is 17.7 Å². The van der Waals surface area contributed by atoms with Crippen molar-refractivity contribution in [3.8, 4) is 0 Å². The third-order valence-corrected chi connectivity index (χ3v) is 2.62. The summed E-state index contributed by atoms with van der Waals surface area (Å²) in [5.74, 6) is -0.421. The normalized spacial score (nSPS) is 13.1. The Kier molecular flexibility index (Phi) is 5.85. The fraction of sp³-hybridized carbons (Fsp3) is 0.500. The number of likely N-dealkylation sites (N-methyl/N-ethyl adjacent to an activating group) is 1. The average Bonchev–Trinajstić information content (AvgIpc) is 2.23. The molecule has 1 aromatic rings. The summed E-state index contributed by atoms with van der Waals surface area (Å²) in [5.41, 5.74) is 0.819. The van der Waals surface area contributed by atoms with E-state index in [2.05, 4.69) is 0 Å². The lowest BCUT2D eigenvalue weighted by molar-refractivity contribution is 0.0419. The van der Waals surface area contributed by atoms with Crippen LogP contribution in [0.4, 0.5) is 4.39 Å². The van der Waals surface area contributed by atoms with E-state index in [1.807, 2.05) is 11.9 Å². The van der Waals surface area contributed by atoms with Gasteiger partial charge in [0.2, 0.25) is 0 Å². The van der Waals surface area contributed by atoms with Crippen LogP contribution in [-0.2, 0) is 11.3 Å². The molecule has 96 valence electrons. The average molecular weight is 262 g/mol. The van der Waals surface area contributed by atoms with Crippen LogP contribution >= 0.6 is 11.6 Å². The first kappa shape index (κ1) is 14.4. The molecule has 0 saturated carbocycles. The molecule has 5 heteroatoms. The maximum absolute atomic E-state index is 13.2. The molecule has 1 rings (SSSR count).